The molecule has 0 aliphatic carbocycles. The minimum Gasteiger partial charge on any atom is -0.497 e. The molecule has 0 aromatic heterocycles. The second-order valence-electron chi connectivity index (χ2n) is 4.64. The minimum atomic E-state index is -0.922. The van der Waals surface area contributed by atoms with Crippen LogP contribution in [-0.2, 0) is 6.54 Å². The van der Waals surface area contributed by atoms with Crippen LogP contribution in [-0.4, -0.2) is 25.0 Å². The lowest BCUT2D eigenvalue weighted by molar-refractivity contribution is 0.0784. The number of methoxy groups -OCH3 is 1. The van der Waals surface area contributed by atoms with Gasteiger partial charge in [0.15, 0.2) is 11.6 Å². The summed E-state index contributed by atoms with van der Waals surface area (Å²) in [5.74, 6) is -1.46. The summed E-state index contributed by atoms with van der Waals surface area (Å²) < 4.78 is 31.1. The van der Waals surface area contributed by atoms with Crippen LogP contribution >= 0.6 is 0 Å². The van der Waals surface area contributed by atoms with Crippen molar-refractivity contribution in [2.75, 3.05) is 14.2 Å². The molecule has 1 amide bonds. The van der Waals surface area contributed by atoms with Crippen molar-refractivity contribution in [3.05, 3.63) is 65.2 Å². The second kappa shape index (κ2) is 6.35. The van der Waals surface area contributed by atoms with Crippen LogP contribution in [0, 0.1) is 11.6 Å². The number of benzene rings is 2. The van der Waals surface area contributed by atoms with E-state index in [1.54, 1.807) is 31.3 Å². The normalized spacial score (nSPS) is 10.3. The number of nitrogens with zero attached hydrogens (tertiary/aromatic N) is 1. The molecule has 0 saturated carbocycles. The van der Waals surface area contributed by atoms with Gasteiger partial charge in [0.05, 0.1) is 7.11 Å². The van der Waals surface area contributed by atoms with E-state index in [9.17, 15) is 13.6 Å². The maximum atomic E-state index is 13.2. The fourth-order valence-corrected chi connectivity index (χ4v) is 1.96. The highest BCUT2D eigenvalue weighted by atomic mass is 19.2. The van der Waals surface area contributed by atoms with Crippen molar-refractivity contribution in [3.63, 3.8) is 0 Å². The molecule has 0 unspecified atom stereocenters. The summed E-state index contributed by atoms with van der Waals surface area (Å²) in [6.07, 6.45) is 0. The monoisotopic (exact) mass is 291 g/mol. The molecule has 2 aromatic carbocycles. The Labute approximate surface area is 121 Å². The molecule has 0 atom stereocenters. The smallest absolute Gasteiger partial charge is 0.254 e. The Bertz CT molecular complexity index is 658. The molecule has 110 valence electrons. The lowest BCUT2D eigenvalue weighted by Gasteiger charge is -2.17. The third-order valence-electron chi connectivity index (χ3n) is 3.07. The van der Waals surface area contributed by atoms with E-state index in [1.807, 2.05) is 0 Å². The van der Waals surface area contributed by atoms with Crippen LogP contribution in [0.2, 0.25) is 0 Å². The molecular formula is C16H15F2NO2. The van der Waals surface area contributed by atoms with Crippen molar-refractivity contribution in [2.45, 2.75) is 6.54 Å². The molecule has 3 nitrogen and oxygen atoms in total. The van der Waals surface area contributed by atoms with Crippen LogP contribution < -0.4 is 4.74 Å². The molecule has 5 heteroatoms. The van der Waals surface area contributed by atoms with Gasteiger partial charge in [-0.3, -0.25) is 4.79 Å². The van der Waals surface area contributed by atoms with E-state index in [0.717, 1.165) is 12.1 Å². The molecule has 0 saturated heterocycles. The Morgan fingerprint density at radius 3 is 2.57 bits per heavy atom. The average Bonchev–Trinajstić information content (AvgIpc) is 2.50. The SMILES string of the molecule is COc1cccc(C(=O)N(C)Cc2ccc(F)c(F)c2)c1. The first-order valence-electron chi connectivity index (χ1n) is 6.34. The molecule has 0 aliphatic rings. The molecule has 0 radical (unpaired) electrons. The van der Waals surface area contributed by atoms with Crippen LogP contribution in [0.5, 0.6) is 5.75 Å². The van der Waals surface area contributed by atoms with Crippen LogP contribution in [0.4, 0.5) is 8.78 Å². The maximum absolute atomic E-state index is 13.2. The largest absolute Gasteiger partial charge is 0.497 e. The van der Waals surface area contributed by atoms with Gasteiger partial charge in [-0.05, 0) is 35.9 Å². The Kier molecular flexibility index (Phi) is 4.52. The van der Waals surface area contributed by atoms with Crippen LogP contribution in [0.3, 0.4) is 0 Å². The first kappa shape index (κ1) is 15.0. The number of amides is 1. The van der Waals surface area contributed by atoms with Crippen molar-refractivity contribution >= 4 is 5.91 Å². The standard InChI is InChI=1S/C16H15F2NO2/c1-19(10-11-6-7-14(17)15(18)8-11)16(20)12-4-3-5-13(9-12)21-2/h3-9H,10H2,1-2H3. The first-order valence-corrected chi connectivity index (χ1v) is 6.34. The van der Waals surface area contributed by atoms with Gasteiger partial charge in [0, 0.05) is 19.2 Å². The molecule has 21 heavy (non-hydrogen) atoms. The zero-order valence-corrected chi connectivity index (χ0v) is 11.8. The van der Waals surface area contributed by atoms with E-state index in [0.29, 0.717) is 16.9 Å². The molecule has 2 rings (SSSR count). The fraction of sp³-hybridized carbons (Fsp3) is 0.188. The van der Waals surface area contributed by atoms with Gasteiger partial charge < -0.3 is 9.64 Å². The Balaban J connectivity index is 2.13. The number of hydrogen-bond acceptors (Lipinski definition) is 2. The van der Waals surface area contributed by atoms with Gasteiger partial charge in [0.25, 0.3) is 5.91 Å². The predicted molar refractivity (Wildman–Crippen MR) is 75.1 cm³/mol. The Morgan fingerprint density at radius 1 is 1.14 bits per heavy atom. The lowest BCUT2D eigenvalue weighted by Crippen LogP contribution is -2.26. The maximum Gasteiger partial charge on any atom is 0.254 e. The molecular weight excluding hydrogens is 276 g/mol. The van der Waals surface area contributed by atoms with E-state index in [2.05, 4.69) is 0 Å². The molecule has 0 spiro atoms. The number of halogens is 2. The second-order valence-corrected chi connectivity index (χ2v) is 4.64. The highest BCUT2D eigenvalue weighted by molar-refractivity contribution is 5.94. The van der Waals surface area contributed by atoms with Gasteiger partial charge in [-0.15, -0.1) is 0 Å². The van der Waals surface area contributed by atoms with Gasteiger partial charge >= 0.3 is 0 Å². The zero-order valence-electron chi connectivity index (χ0n) is 11.8. The molecule has 0 N–H and O–H groups in total. The third-order valence-corrected chi connectivity index (χ3v) is 3.07. The molecule has 0 bridgehead atoms. The van der Waals surface area contributed by atoms with E-state index >= 15 is 0 Å². The zero-order chi connectivity index (χ0) is 15.4. The van der Waals surface area contributed by atoms with Crippen molar-refractivity contribution < 1.29 is 18.3 Å². The van der Waals surface area contributed by atoms with Crippen LogP contribution in [0.1, 0.15) is 15.9 Å². The number of ether oxygens (including phenoxy) is 1. The molecule has 0 fully saturated rings. The van der Waals surface area contributed by atoms with Gasteiger partial charge in [-0.25, -0.2) is 8.78 Å². The van der Waals surface area contributed by atoms with Crippen LogP contribution in [0.25, 0.3) is 0 Å². The first-order chi connectivity index (χ1) is 10.0. The number of carbonyl (C=O) groups is 1. The number of carbonyl (C=O) groups excluding carboxylic acids is 1. The molecule has 0 heterocycles. The van der Waals surface area contributed by atoms with Gasteiger partial charge in [-0.2, -0.15) is 0 Å². The van der Waals surface area contributed by atoms with Crippen molar-refractivity contribution in [1.82, 2.24) is 4.90 Å². The fourth-order valence-electron chi connectivity index (χ4n) is 1.96. The quantitative estimate of drug-likeness (QED) is 0.865. The van der Waals surface area contributed by atoms with Gasteiger partial charge in [-0.1, -0.05) is 12.1 Å². The summed E-state index contributed by atoms with van der Waals surface area (Å²) in [7, 11) is 3.12. The van der Waals surface area contributed by atoms with E-state index in [1.165, 1.54) is 18.1 Å². The average molecular weight is 291 g/mol. The summed E-state index contributed by atoms with van der Waals surface area (Å²) in [4.78, 5) is 13.7. The van der Waals surface area contributed by atoms with Crippen molar-refractivity contribution in [1.29, 1.82) is 0 Å². The minimum absolute atomic E-state index is 0.188. The Hall–Kier alpha value is -2.43. The predicted octanol–water partition coefficient (Wildman–Crippen LogP) is 3.25. The van der Waals surface area contributed by atoms with Crippen molar-refractivity contribution in [2.24, 2.45) is 0 Å². The molecule has 0 aliphatic heterocycles. The van der Waals surface area contributed by atoms with Gasteiger partial charge in [0.2, 0.25) is 0 Å². The van der Waals surface area contributed by atoms with E-state index in [4.69, 9.17) is 4.74 Å². The summed E-state index contributed by atoms with van der Waals surface area (Å²) in [6, 6.07) is 10.4. The summed E-state index contributed by atoms with van der Waals surface area (Å²) in [5, 5.41) is 0. The highest BCUT2D eigenvalue weighted by Crippen LogP contribution is 2.16. The number of hydrogen-bond donors (Lipinski definition) is 0. The summed E-state index contributed by atoms with van der Waals surface area (Å²) in [6.45, 7) is 0.188. The summed E-state index contributed by atoms with van der Waals surface area (Å²) >= 11 is 0. The van der Waals surface area contributed by atoms with Gasteiger partial charge in [0.1, 0.15) is 5.75 Å². The van der Waals surface area contributed by atoms with E-state index in [-0.39, 0.29) is 12.5 Å². The van der Waals surface area contributed by atoms with E-state index < -0.39 is 11.6 Å². The van der Waals surface area contributed by atoms with Crippen molar-refractivity contribution in [3.8, 4) is 5.75 Å². The summed E-state index contributed by atoms with van der Waals surface area (Å²) in [5.41, 5.74) is 0.993. The Morgan fingerprint density at radius 2 is 1.90 bits per heavy atom. The van der Waals surface area contributed by atoms with Crippen LogP contribution in [0.15, 0.2) is 42.5 Å². The highest BCUT2D eigenvalue weighted by Gasteiger charge is 2.13. The lowest BCUT2D eigenvalue weighted by atomic mass is 10.1. The topological polar surface area (TPSA) is 29.5 Å². The third kappa shape index (κ3) is 3.56. The molecule has 2 aromatic rings. The number of rotatable bonds is 4.